The lowest BCUT2D eigenvalue weighted by Crippen LogP contribution is -2.46. The van der Waals surface area contributed by atoms with Crippen LogP contribution in [0.25, 0.3) is 0 Å². The summed E-state index contributed by atoms with van der Waals surface area (Å²) in [5.74, 6) is 0.568. The van der Waals surface area contributed by atoms with Crippen LogP contribution in [0.5, 0.6) is 0 Å². The van der Waals surface area contributed by atoms with Gasteiger partial charge < -0.3 is 0 Å². The van der Waals surface area contributed by atoms with Gasteiger partial charge in [-0.1, -0.05) is 98.4 Å². The average Bonchev–Trinajstić information content (AvgIpc) is 2.73. The minimum absolute atomic E-state index is 0.568. The molecule has 0 N–H and O–H groups in total. The van der Waals surface area contributed by atoms with Crippen molar-refractivity contribution in [3.63, 3.8) is 0 Å². The van der Waals surface area contributed by atoms with Crippen LogP contribution >= 0.6 is 0 Å². The Hall–Kier alpha value is -1.86. The molecule has 0 aliphatic heterocycles. The van der Waals surface area contributed by atoms with Crippen LogP contribution in [-0.4, -0.2) is 8.80 Å². The maximum Gasteiger partial charge on any atom is 0.129 e. The van der Waals surface area contributed by atoms with Crippen molar-refractivity contribution in [2.75, 3.05) is 0 Å². The van der Waals surface area contributed by atoms with E-state index in [0.29, 0.717) is 5.92 Å². The van der Waals surface area contributed by atoms with Gasteiger partial charge >= 0.3 is 0 Å². The van der Waals surface area contributed by atoms with Crippen LogP contribution in [0.1, 0.15) is 43.0 Å². The molecule has 1 unspecified atom stereocenters. The van der Waals surface area contributed by atoms with Gasteiger partial charge in [0.15, 0.2) is 0 Å². The summed E-state index contributed by atoms with van der Waals surface area (Å²) in [5, 5.41) is 4.79. The van der Waals surface area contributed by atoms with Crippen molar-refractivity contribution in [1.82, 2.24) is 0 Å². The maximum absolute atomic E-state index is 2.49. The van der Waals surface area contributed by atoms with E-state index in [0.717, 1.165) is 0 Å². The third-order valence-corrected chi connectivity index (χ3v) is 8.98. The van der Waals surface area contributed by atoms with Gasteiger partial charge in [-0.3, -0.25) is 0 Å². The fourth-order valence-electron chi connectivity index (χ4n) is 4.34. The van der Waals surface area contributed by atoms with E-state index in [1.165, 1.54) is 27.8 Å². The van der Waals surface area contributed by atoms with Crippen molar-refractivity contribution in [3.05, 3.63) is 81.1 Å². The summed E-state index contributed by atoms with van der Waals surface area (Å²) in [6.45, 7) is 15.9. The second kappa shape index (κ2) is 6.80. The predicted molar refractivity (Wildman–Crippen MR) is 114 cm³/mol. The molecular weight excluding hydrogens is 316 g/mol. The second-order valence-electron chi connectivity index (χ2n) is 8.01. The molecule has 3 rings (SSSR count). The molecule has 0 saturated carbocycles. The van der Waals surface area contributed by atoms with Crippen molar-refractivity contribution in [1.29, 1.82) is 0 Å². The molecule has 25 heavy (non-hydrogen) atoms. The highest BCUT2D eigenvalue weighted by atomic mass is 28.3. The predicted octanol–water partition coefficient (Wildman–Crippen LogP) is 4.71. The van der Waals surface area contributed by atoms with Crippen molar-refractivity contribution in [2.45, 2.75) is 48.5 Å². The first-order valence-corrected chi connectivity index (χ1v) is 11.0. The Morgan fingerprint density at radius 1 is 0.640 bits per heavy atom. The molecule has 0 nitrogen and oxygen atoms in total. The Morgan fingerprint density at radius 2 is 1.04 bits per heavy atom. The van der Waals surface area contributed by atoms with E-state index in [-0.39, 0.29) is 0 Å². The molecule has 130 valence electrons. The summed E-state index contributed by atoms with van der Waals surface area (Å²) in [6.07, 6.45) is 2.49. The smallest absolute Gasteiger partial charge is 0.0673 e. The molecule has 0 amide bonds. The molecule has 2 aromatic carbocycles. The first-order chi connectivity index (χ1) is 11.8. The van der Waals surface area contributed by atoms with Crippen LogP contribution in [0.2, 0.25) is 0 Å². The average molecular weight is 347 g/mol. The lowest BCUT2D eigenvalue weighted by Gasteiger charge is -2.24. The fraction of sp³-hybridized carbons (Fsp3) is 0.333. The van der Waals surface area contributed by atoms with Gasteiger partial charge in [-0.25, -0.2) is 0 Å². The Balaban J connectivity index is 2.21. The number of rotatable bonds is 3. The normalized spacial score (nSPS) is 17.4. The maximum atomic E-state index is 2.49. The Labute approximate surface area is 154 Å². The molecule has 1 aliphatic rings. The van der Waals surface area contributed by atoms with E-state index in [2.05, 4.69) is 90.9 Å². The molecular formula is C24H30Si. The van der Waals surface area contributed by atoms with Gasteiger partial charge in [0, 0.05) is 0 Å². The summed E-state index contributed by atoms with van der Waals surface area (Å²) < 4.78 is 0. The molecule has 1 atom stereocenters. The number of benzene rings is 2. The highest BCUT2D eigenvalue weighted by Crippen LogP contribution is 2.32. The van der Waals surface area contributed by atoms with Crippen LogP contribution in [0.4, 0.5) is 0 Å². The lowest BCUT2D eigenvalue weighted by molar-refractivity contribution is 0.855. The number of aryl methyl sites for hydroxylation is 4. The third kappa shape index (κ3) is 3.57. The molecule has 0 heterocycles. The molecule has 0 radical (unpaired) electrons. The van der Waals surface area contributed by atoms with Crippen LogP contribution in [0, 0.1) is 33.6 Å². The van der Waals surface area contributed by atoms with Crippen LogP contribution in [0.3, 0.4) is 0 Å². The van der Waals surface area contributed by atoms with Gasteiger partial charge in [0.05, 0.1) is 0 Å². The topological polar surface area (TPSA) is 0 Å². The first-order valence-electron chi connectivity index (χ1n) is 9.31. The highest BCUT2D eigenvalue weighted by molar-refractivity contribution is 6.91. The number of hydrogen-bond donors (Lipinski definition) is 0. The van der Waals surface area contributed by atoms with E-state index in [4.69, 9.17) is 0 Å². The monoisotopic (exact) mass is 346 g/mol. The van der Waals surface area contributed by atoms with Crippen LogP contribution in [-0.2, 0) is 0 Å². The van der Waals surface area contributed by atoms with Crippen molar-refractivity contribution < 1.29 is 0 Å². The van der Waals surface area contributed by atoms with Crippen molar-refractivity contribution in [3.8, 4) is 0 Å². The van der Waals surface area contributed by atoms with E-state index in [1.807, 2.05) is 0 Å². The highest BCUT2D eigenvalue weighted by Gasteiger charge is 2.30. The van der Waals surface area contributed by atoms with E-state index in [9.17, 15) is 0 Å². The summed E-state index contributed by atoms with van der Waals surface area (Å²) in [7, 11) is -1.43. The van der Waals surface area contributed by atoms with Crippen molar-refractivity contribution in [2.24, 2.45) is 5.92 Å². The SMILES string of the molecule is CC1=C(C)C(C)C([SiH](c2cc(C)cc(C)c2)c2cc(C)cc(C)c2)=C1. The largest absolute Gasteiger partial charge is 0.129 e. The molecule has 0 spiro atoms. The van der Waals surface area contributed by atoms with Gasteiger partial charge in [0.1, 0.15) is 8.80 Å². The summed E-state index contributed by atoms with van der Waals surface area (Å²) >= 11 is 0. The number of allylic oxidation sites excluding steroid dienone is 4. The molecule has 0 saturated heterocycles. The van der Waals surface area contributed by atoms with E-state index >= 15 is 0 Å². The third-order valence-electron chi connectivity index (χ3n) is 5.64. The van der Waals surface area contributed by atoms with Gasteiger partial charge in [-0.05, 0) is 47.5 Å². The zero-order chi connectivity index (χ0) is 18.3. The molecule has 0 bridgehead atoms. The van der Waals surface area contributed by atoms with Gasteiger partial charge in [0.2, 0.25) is 0 Å². The zero-order valence-electron chi connectivity index (χ0n) is 16.7. The molecule has 2 aromatic rings. The van der Waals surface area contributed by atoms with Gasteiger partial charge in [0.25, 0.3) is 0 Å². The second-order valence-corrected chi connectivity index (χ2v) is 10.9. The minimum Gasteiger partial charge on any atom is -0.0673 e. The Morgan fingerprint density at radius 3 is 1.36 bits per heavy atom. The van der Waals surface area contributed by atoms with Gasteiger partial charge in [-0.15, -0.1) is 0 Å². The Bertz CT molecular complexity index is 791. The summed E-state index contributed by atoms with van der Waals surface area (Å²) in [5.41, 5.74) is 8.53. The zero-order valence-corrected chi connectivity index (χ0v) is 17.9. The minimum atomic E-state index is -1.43. The standard InChI is InChI=1S/C24H30Si/c1-15-8-16(2)11-22(10-15)25(23-12-17(3)9-18(4)13-23)24-14-19(5)20(6)21(24)7/h8-14,21,25H,1-7H3. The first kappa shape index (κ1) is 17.9. The fourth-order valence-corrected chi connectivity index (χ4v) is 8.38. The van der Waals surface area contributed by atoms with Crippen molar-refractivity contribution >= 4 is 19.2 Å². The van der Waals surface area contributed by atoms with Crippen LogP contribution < -0.4 is 10.4 Å². The quantitative estimate of drug-likeness (QED) is 0.706. The summed E-state index contributed by atoms with van der Waals surface area (Å²) in [4.78, 5) is 0. The van der Waals surface area contributed by atoms with E-state index in [1.54, 1.807) is 21.1 Å². The van der Waals surface area contributed by atoms with Crippen LogP contribution in [0.15, 0.2) is 58.8 Å². The van der Waals surface area contributed by atoms with Gasteiger partial charge in [-0.2, -0.15) is 0 Å². The lowest BCUT2D eigenvalue weighted by atomic mass is 10.1. The molecule has 0 aromatic heterocycles. The summed E-state index contributed by atoms with van der Waals surface area (Å²) in [6, 6.07) is 14.3. The Kier molecular flexibility index (Phi) is 4.88. The number of hydrogen-bond acceptors (Lipinski definition) is 0. The molecule has 1 heteroatoms. The molecule has 0 fully saturated rings. The molecule has 1 aliphatic carbocycles. The van der Waals surface area contributed by atoms with E-state index < -0.39 is 8.80 Å².